The van der Waals surface area contributed by atoms with E-state index in [1.165, 1.54) is 7.11 Å². The standard InChI is InChI=1S/C20H24Cl2N4O3/c1-4-11(2)16(19(27)29-3)25-20(28)26-8-7-15-17(24-10-23-15)18(26)13-6-5-12(21)9-14(13)22/h5-6,9-11,16,18H,4,7-8H2,1-3H3,(H,23,24)(H,25,28)/t11-,16-,18+/m0/s1. The number of aromatic amines is 1. The maximum Gasteiger partial charge on any atom is 0.328 e. The molecule has 2 N–H and O–H groups in total. The van der Waals surface area contributed by atoms with E-state index in [1.54, 1.807) is 29.4 Å². The Morgan fingerprint density at radius 2 is 2.17 bits per heavy atom. The number of rotatable bonds is 5. The van der Waals surface area contributed by atoms with Gasteiger partial charge in [0.05, 0.1) is 19.1 Å². The smallest absolute Gasteiger partial charge is 0.328 e. The van der Waals surface area contributed by atoms with Crippen LogP contribution >= 0.6 is 23.2 Å². The van der Waals surface area contributed by atoms with Gasteiger partial charge in [-0.05, 0) is 23.6 Å². The molecule has 1 aliphatic rings. The number of benzene rings is 1. The summed E-state index contributed by atoms with van der Waals surface area (Å²) in [5.74, 6) is -0.541. The number of fused-ring (bicyclic) bond motifs is 1. The lowest BCUT2D eigenvalue weighted by Crippen LogP contribution is -2.53. The van der Waals surface area contributed by atoms with E-state index in [1.807, 2.05) is 13.8 Å². The van der Waals surface area contributed by atoms with Gasteiger partial charge in [0.2, 0.25) is 0 Å². The Hall–Kier alpha value is -2.25. The largest absolute Gasteiger partial charge is 0.467 e. The van der Waals surface area contributed by atoms with Crippen LogP contribution in [0.25, 0.3) is 0 Å². The normalized spacial score (nSPS) is 18.0. The Balaban J connectivity index is 1.96. The minimum Gasteiger partial charge on any atom is -0.467 e. The van der Waals surface area contributed by atoms with Gasteiger partial charge in [-0.3, -0.25) is 0 Å². The first-order chi connectivity index (χ1) is 13.9. The van der Waals surface area contributed by atoms with Crippen LogP contribution in [-0.4, -0.2) is 46.6 Å². The Bertz CT molecular complexity index is 902. The highest BCUT2D eigenvalue weighted by molar-refractivity contribution is 6.35. The van der Waals surface area contributed by atoms with E-state index in [0.29, 0.717) is 23.0 Å². The van der Waals surface area contributed by atoms with Crippen molar-refractivity contribution in [3.8, 4) is 0 Å². The van der Waals surface area contributed by atoms with Gasteiger partial charge in [0.1, 0.15) is 12.1 Å². The lowest BCUT2D eigenvalue weighted by molar-refractivity contribution is -0.144. The van der Waals surface area contributed by atoms with E-state index in [0.717, 1.165) is 23.4 Å². The molecule has 0 saturated heterocycles. The van der Waals surface area contributed by atoms with E-state index >= 15 is 0 Å². The molecular weight excluding hydrogens is 415 g/mol. The molecule has 0 aliphatic carbocycles. The molecule has 3 rings (SSSR count). The number of nitrogens with one attached hydrogen (secondary N) is 2. The number of hydrogen-bond donors (Lipinski definition) is 2. The molecule has 0 saturated carbocycles. The molecule has 7 nitrogen and oxygen atoms in total. The third-order valence-corrected chi connectivity index (χ3v) is 5.95. The first-order valence-corrected chi connectivity index (χ1v) is 10.2. The zero-order chi connectivity index (χ0) is 21.1. The first-order valence-electron chi connectivity index (χ1n) is 9.49. The number of ether oxygens (including phenoxy) is 1. The van der Waals surface area contributed by atoms with E-state index in [2.05, 4.69) is 15.3 Å². The van der Waals surface area contributed by atoms with Crippen LogP contribution in [0.15, 0.2) is 24.5 Å². The van der Waals surface area contributed by atoms with Gasteiger partial charge in [-0.15, -0.1) is 0 Å². The monoisotopic (exact) mass is 438 g/mol. The number of imidazole rings is 1. The van der Waals surface area contributed by atoms with Crippen LogP contribution in [-0.2, 0) is 16.0 Å². The van der Waals surface area contributed by atoms with Gasteiger partial charge in [0.25, 0.3) is 0 Å². The summed E-state index contributed by atoms with van der Waals surface area (Å²) in [5.41, 5.74) is 2.41. The molecule has 2 aromatic rings. The predicted molar refractivity (Wildman–Crippen MR) is 111 cm³/mol. The lowest BCUT2D eigenvalue weighted by atomic mass is 9.95. The molecule has 3 atom stereocenters. The van der Waals surface area contributed by atoms with E-state index in [4.69, 9.17) is 27.9 Å². The summed E-state index contributed by atoms with van der Waals surface area (Å²) in [5, 5.41) is 3.80. The number of H-pyrrole nitrogens is 1. The SMILES string of the molecule is CC[C@H](C)[C@H](NC(=O)N1CCc2[nH]cnc2[C@H]1c1ccc(Cl)cc1Cl)C(=O)OC. The molecule has 0 radical (unpaired) electrons. The van der Waals surface area contributed by atoms with Crippen molar-refractivity contribution in [1.29, 1.82) is 0 Å². The van der Waals surface area contributed by atoms with Crippen molar-refractivity contribution in [2.75, 3.05) is 13.7 Å². The maximum absolute atomic E-state index is 13.2. The predicted octanol–water partition coefficient (Wildman–Crippen LogP) is 3.96. The number of carbonyl (C=O) groups is 2. The summed E-state index contributed by atoms with van der Waals surface area (Å²) in [7, 11) is 1.32. The van der Waals surface area contributed by atoms with Gasteiger partial charge in [0.15, 0.2) is 0 Å². The third-order valence-electron chi connectivity index (χ3n) is 5.39. The Kier molecular flexibility index (Phi) is 6.70. The Morgan fingerprint density at radius 1 is 1.41 bits per heavy atom. The number of halogens is 2. The van der Waals surface area contributed by atoms with Crippen molar-refractivity contribution in [2.24, 2.45) is 5.92 Å². The molecule has 1 aromatic carbocycles. The van der Waals surface area contributed by atoms with Crippen LogP contribution in [0, 0.1) is 5.92 Å². The van der Waals surface area contributed by atoms with Crippen LogP contribution in [0.4, 0.5) is 4.79 Å². The summed E-state index contributed by atoms with van der Waals surface area (Å²) < 4.78 is 4.89. The van der Waals surface area contributed by atoms with Gasteiger partial charge >= 0.3 is 12.0 Å². The van der Waals surface area contributed by atoms with Crippen LogP contribution < -0.4 is 5.32 Å². The molecular formula is C20H24Cl2N4O3. The van der Waals surface area contributed by atoms with Crippen LogP contribution in [0.1, 0.15) is 43.3 Å². The molecule has 2 heterocycles. The summed E-state index contributed by atoms with van der Waals surface area (Å²) >= 11 is 12.5. The minimum absolute atomic E-state index is 0.0743. The van der Waals surface area contributed by atoms with Gasteiger partial charge in [-0.2, -0.15) is 0 Å². The number of nitrogens with zero attached hydrogens (tertiary/aromatic N) is 2. The highest BCUT2D eigenvalue weighted by Crippen LogP contribution is 2.37. The summed E-state index contributed by atoms with van der Waals surface area (Å²) in [6.45, 7) is 4.30. The second-order valence-electron chi connectivity index (χ2n) is 7.11. The summed E-state index contributed by atoms with van der Waals surface area (Å²) in [4.78, 5) is 34.7. The number of urea groups is 1. The molecule has 9 heteroatoms. The molecule has 0 bridgehead atoms. The van der Waals surface area contributed by atoms with Gasteiger partial charge in [-0.25, -0.2) is 14.6 Å². The molecule has 1 aliphatic heterocycles. The molecule has 0 spiro atoms. The van der Waals surface area contributed by atoms with Crippen molar-refractivity contribution in [3.05, 3.63) is 51.5 Å². The van der Waals surface area contributed by atoms with Crippen molar-refractivity contribution in [2.45, 2.75) is 38.8 Å². The Morgan fingerprint density at radius 3 is 2.83 bits per heavy atom. The van der Waals surface area contributed by atoms with Crippen molar-refractivity contribution in [3.63, 3.8) is 0 Å². The number of esters is 1. The quantitative estimate of drug-likeness (QED) is 0.691. The fourth-order valence-corrected chi connectivity index (χ4v) is 4.06. The fourth-order valence-electron chi connectivity index (χ4n) is 3.55. The number of methoxy groups -OCH3 is 1. The zero-order valence-electron chi connectivity index (χ0n) is 16.5. The number of aromatic nitrogens is 2. The summed E-state index contributed by atoms with van der Waals surface area (Å²) in [6, 6.07) is 3.57. The molecule has 29 heavy (non-hydrogen) atoms. The zero-order valence-corrected chi connectivity index (χ0v) is 18.0. The Labute approximate surface area is 179 Å². The van der Waals surface area contributed by atoms with Crippen LogP contribution in [0.3, 0.4) is 0 Å². The van der Waals surface area contributed by atoms with Crippen molar-refractivity contribution >= 4 is 35.2 Å². The average molecular weight is 439 g/mol. The average Bonchev–Trinajstić information content (AvgIpc) is 3.19. The van der Waals surface area contributed by atoms with E-state index < -0.39 is 18.1 Å². The number of amides is 2. The van der Waals surface area contributed by atoms with E-state index in [9.17, 15) is 9.59 Å². The highest BCUT2D eigenvalue weighted by atomic mass is 35.5. The molecule has 0 unspecified atom stereocenters. The maximum atomic E-state index is 13.2. The molecule has 2 amide bonds. The highest BCUT2D eigenvalue weighted by Gasteiger charge is 2.37. The number of carbonyl (C=O) groups excluding carboxylic acids is 2. The van der Waals surface area contributed by atoms with Gasteiger partial charge < -0.3 is 19.9 Å². The number of hydrogen-bond acceptors (Lipinski definition) is 4. The van der Waals surface area contributed by atoms with Crippen LogP contribution in [0.2, 0.25) is 10.0 Å². The van der Waals surface area contributed by atoms with Crippen molar-refractivity contribution < 1.29 is 14.3 Å². The second-order valence-corrected chi connectivity index (χ2v) is 7.96. The van der Waals surface area contributed by atoms with Crippen molar-refractivity contribution in [1.82, 2.24) is 20.2 Å². The van der Waals surface area contributed by atoms with Gasteiger partial charge in [-0.1, -0.05) is 49.5 Å². The fraction of sp³-hybridized carbons (Fsp3) is 0.450. The third kappa shape index (κ3) is 4.36. The van der Waals surface area contributed by atoms with E-state index in [-0.39, 0.29) is 11.9 Å². The van der Waals surface area contributed by atoms with Crippen LogP contribution in [0.5, 0.6) is 0 Å². The lowest BCUT2D eigenvalue weighted by Gasteiger charge is -2.37. The van der Waals surface area contributed by atoms with Gasteiger partial charge in [0, 0.05) is 28.7 Å². The molecule has 1 aromatic heterocycles. The molecule has 0 fully saturated rings. The second kappa shape index (κ2) is 9.05. The summed E-state index contributed by atoms with van der Waals surface area (Å²) in [6.07, 6.45) is 2.95. The topological polar surface area (TPSA) is 87.3 Å². The first kappa shape index (κ1) is 21.5. The minimum atomic E-state index is -0.737. The molecule has 156 valence electrons.